The van der Waals surface area contributed by atoms with Gasteiger partial charge in [-0.05, 0) is 54.7 Å². The minimum atomic E-state index is 0. The lowest BCUT2D eigenvalue weighted by atomic mass is 9.94. The molecule has 28 heavy (non-hydrogen) atoms. The van der Waals surface area contributed by atoms with E-state index < -0.39 is 0 Å². The summed E-state index contributed by atoms with van der Waals surface area (Å²) in [6.07, 6.45) is 5.40. The van der Waals surface area contributed by atoms with Crippen LogP contribution in [-0.4, -0.2) is 37.3 Å². The second-order valence-corrected chi connectivity index (χ2v) is 8.24. The summed E-state index contributed by atoms with van der Waals surface area (Å²) in [5, 5.41) is 18.3. The molecular formula is C21H34IN3O2S. The van der Waals surface area contributed by atoms with E-state index in [9.17, 15) is 5.11 Å². The first kappa shape index (κ1) is 25.0. The molecule has 0 amide bonds. The molecule has 2 rings (SSSR count). The first-order valence-corrected chi connectivity index (χ1v) is 10.7. The molecule has 0 spiro atoms. The molecule has 5 nitrogen and oxygen atoms in total. The number of nitrogens with zero attached hydrogens (tertiary/aromatic N) is 1. The fraction of sp³-hybridized carbons (Fsp3) is 0.571. The van der Waals surface area contributed by atoms with Gasteiger partial charge in [-0.2, -0.15) is 0 Å². The number of aliphatic hydroxyl groups is 1. The highest BCUT2D eigenvalue weighted by Gasteiger charge is 2.11. The molecule has 2 aromatic heterocycles. The molecule has 0 aromatic carbocycles. The average Bonchev–Trinajstić information content (AvgIpc) is 3.32. The van der Waals surface area contributed by atoms with Crippen molar-refractivity contribution in [1.29, 1.82) is 0 Å². The van der Waals surface area contributed by atoms with Crippen molar-refractivity contribution in [2.45, 2.75) is 39.5 Å². The lowest BCUT2D eigenvalue weighted by Crippen LogP contribution is -2.39. The Morgan fingerprint density at radius 2 is 1.96 bits per heavy atom. The van der Waals surface area contributed by atoms with E-state index in [0.29, 0.717) is 11.8 Å². The van der Waals surface area contributed by atoms with Crippen molar-refractivity contribution in [3.8, 4) is 0 Å². The maximum Gasteiger partial charge on any atom is 0.191 e. The van der Waals surface area contributed by atoms with Crippen LogP contribution in [0.3, 0.4) is 0 Å². The first-order valence-electron chi connectivity index (χ1n) is 9.85. The zero-order chi connectivity index (χ0) is 19.3. The molecule has 1 unspecified atom stereocenters. The van der Waals surface area contributed by atoms with Crippen LogP contribution < -0.4 is 10.6 Å². The van der Waals surface area contributed by atoms with Crippen LogP contribution in [0.4, 0.5) is 0 Å². The van der Waals surface area contributed by atoms with E-state index in [4.69, 9.17) is 9.41 Å². The van der Waals surface area contributed by atoms with E-state index in [1.165, 1.54) is 4.88 Å². The minimum absolute atomic E-state index is 0. The number of nitrogens with one attached hydrogen (secondary N) is 2. The monoisotopic (exact) mass is 519 g/mol. The van der Waals surface area contributed by atoms with Crippen molar-refractivity contribution in [2.24, 2.45) is 16.8 Å². The van der Waals surface area contributed by atoms with Gasteiger partial charge in [0.05, 0.1) is 6.26 Å². The van der Waals surface area contributed by atoms with Gasteiger partial charge in [0, 0.05) is 37.5 Å². The van der Waals surface area contributed by atoms with Crippen molar-refractivity contribution < 1.29 is 9.52 Å². The summed E-state index contributed by atoms with van der Waals surface area (Å²) in [7, 11) is 0. The Labute approximate surface area is 190 Å². The summed E-state index contributed by atoms with van der Waals surface area (Å²) in [4.78, 5) is 6.16. The molecule has 0 saturated carbocycles. The predicted molar refractivity (Wildman–Crippen MR) is 129 cm³/mol. The van der Waals surface area contributed by atoms with Gasteiger partial charge in [0.2, 0.25) is 0 Å². The van der Waals surface area contributed by atoms with E-state index in [1.54, 1.807) is 17.6 Å². The Kier molecular flexibility index (Phi) is 13.3. The topological polar surface area (TPSA) is 69.8 Å². The summed E-state index contributed by atoms with van der Waals surface area (Å²) in [6.45, 7) is 7.01. The normalized spacial score (nSPS) is 12.6. The molecule has 0 aliphatic carbocycles. The number of hydrogen-bond donors (Lipinski definition) is 3. The van der Waals surface area contributed by atoms with Crippen molar-refractivity contribution in [1.82, 2.24) is 10.6 Å². The van der Waals surface area contributed by atoms with Gasteiger partial charge >= 0.3 is 0 Å². The van der Waals surface area contributed by atoms with Crippen LogP contribution in [0.2, 0.25) is 0 Å². The summed E-state index contributed by atoms with van der Waals surface area (Å²) >= 11 is 1.78. The fourth-order valence-electron chi connectivity index (χ4n) is 3.05. The van der Waals surface area contributed by atoms with E-state index in [1.807, 2.05) is 12.1 Å². The Morgan fingerprint density at radius 1 is 1.18 bits per heavy atom. The van der Waals surface area contributed by atoms with Crippen LogP contribution >= 0.6 is 35.3 Å². The van der Waals surface area contributed by atoms with E-state index >= 15 is 0 Å². The van der Waals surface area contributed by atoms with Crippen LogP contribution in [0.15, 0.2) is 45.3 Å². The van der Waals surface area contributed by atoms with Gasteiger partial charge in [0.15, 0.2) is 5.96 Å². The first-order chi connectivity index (χ1) is 13.2. The van der Waals surface area contributed by atoms with Crippen molar-refractivity contribution in [2.75, 3.05) is 26.2 Å². The molecule has 1 atom stereocenters. The Balaban J connectivity index is 0.00000392. The average molecular weight is 519 g/mol. The molecule has 2 heterocycles. The molecule has 2 aromatic rings. The largest absolute Gasteiger partial charge is 0.469 e. The van der Waals surface area contributed by atoms with E-state index in [-0.39, 0.29) is 30.6 Å². The SMILES string of the molecule is CC(C)CC(CCO)CN=C(NCCc1ccco1)NCCc1cccs1.I. The van der Waals surface area contributed by atoms with Crippen LogP contribution in [0.1, 0.15) is 37.3 Å². The zero-order valence-electron chi connectivity index (χ0n) is 16.9. The number of rotatable bonds is 12. The maximum atomic E-state index is 9.32. The second-order valence-electron chi connectivity index (χ2n) is 7.21. The summed E-state index contributed by atoms with van der Waals surface area (Å²) in [5.74, 6) is 2.83. The molecule has 0 radical (unpaired) electrons. The molecule has 0 bridgehead atoms. The number of aliphatic imine (C=N–C) groups is 1. The third-order valence-electron chi connectivity index (χ3n) is 4.34. The molecule has 158 valence electrons. The van der Waals surface area contributed by atoms with Gasteiger partial charge in [-0.3, -0.25) is 4.99 Å². The lowest BCUT2D eigenvalue weighted by Gasteiger charge is -2.18. The van der Waals surface area contributed by atoms with E-state index in [0.717, 1.165) is 57.0 Å². The Hall–Kier alpha value is -1.06. The molecular weight excluding hydrogens is 485 g/mol. The van der Waals surface area contributed by atoms with Gasteiger partial charge < -0.3 is 20.2 Å². The Morgan fingerprint density at radius 3 is 2.57 bits per heavy atom. The molecule has 0 aliphatic heterocycles. The third-order valence-corrected chi connectivity index (χ3v) is 5.27. The summed E-state index contributed by atoms with van der Waals surface area (Å²) in [5.41, 5.74) is 0. The van der Waals surface area contributed by atoms with E-state index in [2.05, 4.69) is 42.0 Å². The summed E-state index contributed by atoms with van der Waals surface area (Å²) in [6, 6.07) is 8.15. The third kappa shape index (κ3) is 10.5. The molecule has 0 saturated heterocycles. The number of thiophene rings is 1. The van der Waals surface area contributed by atoms with Gasteiger partial charge in [0.1, 0.15) is 5.76 Å². The number of aliphatic hydroxyl groups excluding tert-OH is 1. The standard InChI is InChI=1S/C21H33N3O2S.HI/c1-17(2)15-18(9-12-25)16-24-21(22-10-7-19-5-3-13-26-19)23-11-8-20-6-4-14-27-20;/h3-6,13-14,17-18,25H,7-12,15-16H2,1-2H3,(H2,22,23,24);1H. The van der Waals surface area contributed by atoms with Crippen molar-refractivity contribution in [3.05, 3.63) is 46.5 Å². The van der Waals surface area contributed by atoms with Gasteiger partial charge in [-0.25, -0.2) is 0 Å². The highest BCUT2D eigenvalue weighted by molar-refractivity contribution is 14.0. The highest BCUT2D eigenvalue weighted by Crippen LogP contribution is 2.15. The predicted octanol–water partition coefficient (Wildman–Crippen LogP) is 4.32. The minimum Gasteiger partial charge on any atom is -0.469 e. The quantitative estimate of drug-likeness (QED) is 0.222. The van der Waals surface area contributed by atoms with Gasteiger partial charge in [-0.1, -0.05) is 19.9 Å². The number of furan rings is 1. The molecule has 3 N–H and O–H groups in total. The molecule has 7 heteroatoms. The molecule has 0 fully saturated rings. The maximum absolute atomic E-state index is 9.32. The summed E-state index contributed by atoms with van der Waals surface area (Å²) < 4.78 is 5.39. The van der Waals surface area contributed by atoms with Crippen LogP contribution in [0.25, 0.3) is 0 Å². The van der Waals surface area contributed by atoms with Crippen LogP contribution in [-0.2, 0) is 12.8 Å². The lowest BCUT2D eigenvalue weighted by molar-refractivity contribution is 0.245. The van der Waals surface area contributed by atoms with Crippen molar-refractivity contribution >= 4 is 41.3 Å². The van der Waals surface area contributed by atoms with Gasteiger partial charge in [0.25, 0.3) is 0 Å². The fourth-order valence-corrected chi connectivity index (χ4v) is 3.75. The number of guanidine groups is 1. The number of hydrogen-bond acceptors (Lipinski definition) is 4. The molecule has 0 aliphatic rings. The zero-order valence-corrected chi connectivity index (χ0v) is 20.0. The van der Waals surface area contributed by atoms with Gasteiger partial charge in [-0.15, -0.1) is 35.3 Å². The number of halogens is 1. The highest BCUT2D eigenvalue weighted by atomic mass is 127. The van der Waals surface area contributed by atoms with Crippen molar-refractivity contribution in [3.63, 3.8) is 0 Å². The smallest absolute Gasteiger partial charge is 0.191 e. The Bertz CT molecular complexity index is 588. The van der Waals surface area contributed by atoms with Crippen LogP contribution in [0, 0.1) is 11.8 Å². The van der Waals surface area contributed by atoms with Crippen LogP contribution in [0.5, 0.6) is 0 Å². The second kappa shape index (κ2) is 14.9.